The molecule has 0 unspecified atom stereocenters. The lowest BCUT2D eigenvalue weighted by Gasteiger charge is -2.11. The van der Waals surface area contributed by atoms with Crippen LogP contribution in [0.4, 0.5) is 5.95 Å². The van der Waals surface area contributed by atoms with Crippen LogP contribution < -0.4 is 48.4 Å². The Balaban J connectivity index is 0.000000128. The molecule has 0 amide bonds. The van der Waals surface area contributed by atoms with Crippen molar-refractivity contribution in [2.45, 2.75) is 135 Å². The summed E-state index contributed by atoms with van der Waals surface area (Å²) in [5.74, 6) is 12.7. The fourth-order valence-corrected chi connectivity index (χ4v) is 14.2. The van der Waals surface area contributed by atoms with Crippen molar-refractivity contribution in [2.24, 2.45) is 0 Å². The average molecular weight is 1810 g/mol. The van der Waals surface area contributed by atoms with Gasteiger partial charge in [-0.2, -0.15) is 24.9 Å². The summed E-state index contributed by atoms with van der Waals surface area (Å²) < 4.78 is 87.4. The number of fused-ring (bicyclic) bond motifs is 5. The molecular formula is C94H96N26O14. The predicted octanol–water partition coefficient (Wildman–Crippen LogP) is 15.2. The third-order valence-corrected chi connectivity index (χ3v) is 20.0. The van der Waals surface area contributed by atoms with Crippen LogP contribution in [-0.4, -0.2) is 151 Å². The molecule has 0 aliphatic rings. The fraction of sp³-hybridized carbons (Fsp3) is 0.255. The van der Waals surface area contributed by atoms with Gasteiger partial charge in [0.1, 0.15) is 127 Å². The van der Waals surface area contributed by atoms with Crippen LogP contribution in [-0.2, 0) is 65.8 Å². The summed E-state index contributed by atoms with van der Waals surface area (Å²) in [7, 11) is 6.41. The Morgan fingerprint density at radius 3 is 0.963 bits per heavy atom. The van der Waals surface area contributed by atoms with E-state index in [9.17, 15) is 0 Å². The van der Waals surface area contributed by atoms with Crippen molar-refractivity contribution in [1.29, 1.82) is 0 Å². The number of methoxy groups -OCH3 is 4. The second kappa shape index (κ2) is 42.4. The van der Waals surface area contributed by atoms with Gasteiger partial charge in [-0.05, 0) is 153 Å². The maximum absolute atomic E-state index is 5.96. The minimum absolute atomic E-state index is 0. The Morgan fingerprint density at radius 1 is 0.291 bits per heavy atom. The standard InChI is InChI=1S/C20H21N5O4.2C19H19N5O3.C18H17N5O2.C17H16N6O2.CH4/c1-12-9-15(24-29-12)11-28-20-18-16(21-13(2)22-20)7-8-25(18)10-14-5-6-17(26-3)19(23-14)27-4;1-12-9-14(23-27-12)11-26-19-18-15(21-13(2)22-19)6-8-24(18)10-16-17(25-3)5-4-7-20-16;1-12-9-21-17(27-12)11-26-19-18-14(22-13(2)23-19)6-8-24(18)10-15-16(25-3)5-4-7-20-15;1-12-9-20-16(25-12)11-24-18-17-15(21-13(2)22-18)6-8-23(17)10-14-5-3-4-7-19-14;1-11-8-20-14(25-11)10-24-16-15-13(21-17(18)22-16)5-7-23(15)9-12-4-2-3-6-19-12;/h5-9H,10-11H2,1-4H3;2*4-9H,10-11H2,1-3H3;3-9H,10-11H2,1-2H3;2-8H,9-10H2,1H3,(H2,18,21,22);1H4. The average Bonchev–Trinajstić information content (AvgIpc) is 1.65. The van der Waals surface area contributed by atoms with Gasteiger partial charge in [-0.25, -0.2) is 44.9 Å². The van der Waals surface area contributed by atoms with E-state index in [1.54, 1.807) is 71.8 Å². The highest BCUT2D eigenvalue weighted by molar-refractivity contribution is 5.84. The Kier molecular flexibility index (Phi) is 29.0. The topological polar surface area (TPSA) is 457 Å². The maximum atomic E-state index is 5.96. The molecule has 0 radical (unpaired) electrons. The van der Waals surface area contributed by atoms with E-state index in [1.165, 1.54) is 0 Å². The lowest BCUT2D eigenvalue weighted by Crippen LogP contribution is -2.06. The van der Waals surface area contributed by atoms with Gasteiger partial charge in [0.25, 0.3) is 5.88 Å². The number of anilines is 1. The number of aromatic nitrogens is 25. The molecule has 20 rings (SSSR count). The summed E-state index contributed by atoms with van der Waals surface area (Å²) in [5, 5.41) is 7.92. The summed E-state index contributed by atoms with van der Waals surface area (Å²) in [4.78, 5) is 78.9. The molecule has 0 aliphatic carbocycles. The van der Waals surface area contributed by atoms with Gasteiger partial charge < -0.3 is 93.5 Å². The molecule has 134 heavy (non-hydrogen) atoms. The zero-order valence-electron chi connectivity index (χ0n) is 74.9. The second-order valence-electron chi connectivity index (χ2n) is 29.9. The number of nitrogens with zero attached hydrogens (tertiary/aromatic N) is 25. The molecule has 0 atom stereocenters. The quantitative estimate of drug-likeness (QED) is 0.0455. The highest BCUT2D eigenvalue weighted by Gasteiger charge is 2.23. The van der Waals surface area contributed by atoms with Crippen LogP contribution in [0.1, 0.15) is 117 Å². The van der Waals surface area contributed by atoms with E-state index >= 15 is 0 Å². The van der Waals surface area contributed by atoms with E-state index in [-0.39, 0.29) is 46.4 Å². The highest BCUT2D eigenvalue weighted by Crippen LogP contribution is 2.34. The first kappa shape index (κ1) is 91.6. The van der Waals surface area contributed by atoms with Gasteiger partial charge >= 0.3 is 0 Å². The summed E-state index contributed by atoms with van der Waals surface area (Å²) >= 11 is 0. The Bertz CT molecular complexity index is 7000. The van der Waals surface area contributed by atoms with Gasteiger partial charge in [-0.15, -0.1) is 0 Å². The molecule has 20 aromatic rings. The monoisotopic (exact) mass is 1810 g/mol. The molecule has 20 heterocycles. The smallest absolute Gasteiger partial charge is 0.257 e. The Morgan fingerprint density at radius 2 is 0.634 bits per heavy atom. The zero-order chi connectivity index (χ0) is 92.4. The molecule has 0 aliphatic heterocycles. The molecule has 40 heteroatoms. The number of rotatable bonds is 29. The minimum atomic E-state index is 0. The summed E-state index contributed by atoms with van der Waals surface area (Å²) in [6, 6.07) is 36.1. The van der Waals surface area contributed by atoms with Crippen LogP contribution in [0.15, 0.2) is 212 Å². The molecule has 0 aromatic carbocycles. The number of nitrogen functional groups attached to an aromatic ring is 1. The van der Waals surface area contributed by atoms with Gasteiger partial charge in [0, 0.05) is 67.9 Å². The summed E-state index contributed by atoms with van der Waals surface area (Å²) in [5.41, 5.74) is 19.4. The van der Waals surface area contributed by atoms with Gasteiger partial charge in [-0.1, -0.05) is 29.9 Å². The molecular weight excluding hydrogens is 1720 g/mol. The number of oxazole rings is 3. The molecule has 0 spiro atoms. The van der Waals surface area contributed by atoms with Crippen LogP contribution >= 0.6 is 0 Å². The van der Waals surface area contributed by atoms with E-state index in [1.807, 2.05) is 231 Å². The van der Waals surface area contributed by atoms with Gasteiger partial charge in [0.15, 0.2) is 25.6 Å². The number of aryl methyl sites for hydroxylation is 9. The maximum Gasteiger partial charge on any atom is 0.257 e. The molecule has 0 bridgehead atoms. The molecule has 0 saturated carbocycles. The van der Waals surface area contributed by atoms with E-state index < -0.39 is 0 Å². The van der Waals surface area contributed by atoms with Crippen molar-refractivity contribution in [3.8, 4) is 52.5 Å². The number of ether oxygens (including phenoxy) is 9. The zero-order valence-corrected chi connectivity index (χ0v) is 74.9. The Hall–Kier alpha value is -17.1. The molecule has 20 aromatic heterocycles. The number of pyridine rings is 5. The molecule has 686 valence electrons. The highest BCUT2D eigenvalue weighted by atomic mass is 16.5. The Labute approximate surface area is 766 Å². The molecule has 40 nitrogen and oxygen atoms in total. The third-order valence-electron chi connectivity index (χ3n) is 20.0. The van der Waals surface area contributed by atoms with Crippen molar-refractivity contribution in [1.82, 2.24) is 123 Å². The van der Waals surface area contributed by atoms with Crippen molar-refractivity contribution < 1.29 is 64.9 Å². The first-order valence-corrected chi connectivity index (χ1v) is 41.7. The van der Waals surface area contributed by atoms with Gasteiger partial charge in [0.2, 0.25) is 53.0 Å². The largest absolute Gasteiger partial charge is 0.495 e. The summed E-state index contributed by atoms with van der Waals surface area (Å²) in [6.45, 7) is 20.3. The first-order valence-electron chi connectivity index (χ1n) is 41.7. The van der Waals surface area contributed by atoms with Crippen molar-refractivity contribution in [2.75, 3.05) is 34.2 Å². The number of nitrogens with two attached hydrogens (primary N) is 1. The van der Waals surface area contributed by atoms with E-state index in [2.05, 4.69) is 100 Å². The van der Waals surface area contributed by atoms with Crippen LogP contribution in [0, 0.1) is 62.3 Å². The molecule has 0 saturated heterocycles. The molecule has 0 fully saturated rings. The second-order valence-corrected chi connectivity index (χ2v) is 29.9. The molecule has 2 N–H and O–H groups in total. The van der Waals surface area contributed by atoms with Crippen molar-refractivity contribution in [3.63, 3.8) is 0 Å². The van der Waals surface area contributed by atoms with Crippen molar-refractivity contribution in [3.05, 3.63) is 299 Å². The fourth-order valence-electron chi connectivity index (χ4n) is 14.2. The van der Waals surface area contributed by atoms with Gasteiger partial charge in [0.05, 0.1) is 124 Å². The van der Waals surface area contributed by atoms with Crippen LogP contribution in [0.2, 0.25) is 0 Å². The lowest BCUT2D eigenvalue weighted by atomic mass is 10.3. The summed E-state index contributed by atoms with van der Waals surface area (Å²) in [6.07, 6.45) is 21.7. The van der Waals surface area contributed by atoms with Gasteiger partial charge in [-0.3, -0.25) is 19.9 Å². The number of hydrogen-bond donors (Lipinski definition) is 1. The normalized spacial score (nSPS) is 11.0. The SMILES string of the molecule is C.COc1ccc(Cn2ccc3nc(C)nc(OCc4cc(C)on4)c32)nc1OC.COc1cccnc1Cn1ccc2nc(C)nc(OCc3cc(C)on3)c21.COc1cccnc1Cn1ccc2nc(C)nc(OCc3ncc(C)o3)c21.Cc1cnc(COc2nc(N)nc3ccn(Cc4ccccn4)c23)o1.Cc1nc(OCc2ncc(C)o2)c2c(ccn2Cc2ccccn2)n1. The van der Waals surface area contributed by atoms with E-state index in [0.717, 1.165) is 118 Å². The van der Waals surface area contributed by atoms with E-state index in [4.69, 9.17) is 70.7 Å². The van der Waals surface area contributed by atoms with E-state index in [0.29, 0.717) is 132 Å². The minimum Gasteiger partial charge on any atom is -0.495 e. The van der Waals surface area contributed by atoms with Crippen LogP contribution in [0.3, 0.4) is 0 Å². The lowest BCUT2D eigenvalue weighted by molar-refractivity contribution is 0.253. The first-order chi connectivity index (χ1) is 64.7. The predicted molar refractivity (Wildman–Crippen MR) is 488 cm³/mol. The number of hydrogen-bond acceptors (Lipinski definition) is 35. The van der Waals surface area contributed by atoms with Crippen LogP contribution in [0.5, 0.6) is 52.5 Å². The van der Waals surface area contributed by atoms with Crippen molar-refractivity contribution >= 4 is 61.1 Å². The van der Waals surface area contributed by atoms with Crippen LogP contribution in [0.25, 0.3) is 55.2 Å². The third kappa shape index (κ3) is 22.6.